The van der Waals surface area contributed by atoms with Crippen LogP contribution in [0.2, 0.25) is 0 Å². The first kappa shape index (κ1) is 22.0. The Morgan fingerprint density at radius 3 is 2.16 bits per heavy atom. The number of hydrogen-bond acceptors (Lipinski definition) is 5. The number of carbonyl (C=O) groups is 2. The lowest BCUT2D eigenvalue weighted by atomic mass is 10.0. The summed E-state index contributed by atoms with van der Waals surface area (Å²) in [5, 5.41) is 0. The van der Waals surface area contributed by atoms with Gasteiger partial charge in [0, 0.05) is 26.2 Å². The van der Waals surface area contributed by atoms with Gasteiger partial charge in [0.25, 0.3) is 11.8 Å². The van der Waals surface area contributed by atoms with E-state index in [0.717, 1.165) is 24.2 Å². The fraction of sp³-hybridized carbons (Fsp3) is 0.360. The fourth-order valence-corrected chi connectivity index (χ4v) is 4.24. The van der Waals surface area contributed by atoms with Crippen molar-refractivity contribution in [3.8, 4) is 5.75 Å². The fourth-order valence-electron chi connectivity index (χ4n) is 4.24. The molecule has 168 valence electrons. The summed E-state index contributed by atoms with van der Waals surface area (Å²) in [4.78, 5) is 32.1. The Bertz CT molecular complexity index is 1040. The second kappa shape index (κ2) is 9.12. The van der Waals surface area contributed by atoms with Gasteiger partial charge in [-0.1, -0.05) is 18.2 Å². The molecule has 0 aromatic heterocycles. The lowest BCUT2D eigenvalue weighted by Crippen LogP contribution is -2.46. The maximum absolute atomic E-state index is 13.5. The number of nitrogens with zero attached hydrogens (tertiary/aromatic N) is 3. The quantitative estimate of drug-likeness (QED) is 0.651. The van der Waals surface area contributed by atoms with E-state index in [4.69, 9.17) is 4.74 Å². The lowest BCUT2D eigenvalue weighted by Gasteiger charge is -2.34. The topological polar surface area (TPSA) is 53.1 Å². The highest BCUT2D eigenvalue weighted by molar-refractivity contribution is 6.35. The molecule has 0 spiro atoms. The molecule has 32 heavy (non-hydrogen) atoms. The molecule has 2 aliphatic rings. The largest absolute Gasteiger partial charge is 0.492 e. The van der Waals surface area contributed by atoms with E-state index in [1.165, 1.54) is 17.0 Å². The van der Waals surface area contributed by atoms with Crippen molar-refractivity contribution in [3.63, 3.8) is 0 Å². The molecule has 2 aromatic rings. The Labute approximate surface area is 187 Å². The standard InChI is InChI=1S/C25H28FN3O3/c1-17-14-18(2)16-21(15-17)32-13-12-29-24(30)22(19-4-6-20(26)7-5-19)23(25(29)31)28-10-8-27(3)9-11-28/h4-7,14-16H,8-13H2,1-3H3. The number of carbonyl (C=O) groups excluding carboxylic acids is 2. The second-order valence-electron chi connectivity index (χ2n) is 8.45. The van der Waals surface area contributed by atoms with Crippen LogP contribution in [0, 0.1) is 19.7 Å². The third kappa shape index (κ3) is 4.53. The van der Waals surface area contributed by atoms with Gasteiger partial charge in [-0.3, -0.25) is 14.5 Å². The van der Waals surface area contributed by atoms with E-state index >= 15 is 0 Å². The summed E-state index contributed by atoms with van der Waals surface area (Å²) in [5.41, 5.74) is 3.47. The van der Waals surface area contributed by atoms with Gasteiger partial charge in [-0.25, -0.2) is 4.39 Å². The van der Waals surface area contributed by atoms with Crippen molar-refractivity contribution in [1.82, 2.24) is 14.7 Å². The van der Waals surface area contributed by atoms with E-state index < -0.39 is 0 Å². The molecule has 0 bridgehead atoms. The van der Waals surface area contributed by atoms with Crippen molar-refractivity contribution in [1.29, 1.82) is 0 Å². The molecular formula is C25H28FN3O3. The van der Waals surface area contributed by atoms with Crippen molar-refractivity contribution >= 4 is 17.4 Å². The summed E-state index contributed by atoms with van der Waals surface area (Å²) >= 11 is 0. The summed E-state index contributed by atoms with van der Waals surface area (Å²) in [7, 11) is 2.03. The molecule has 6 nitrogen and oxygen atoms in total. The van der Waals surface area contributed by atoms with E-state index in [1.54, 1.807) is 12.1 Å². The number of piperazine rings is 1. The first-order chi connectivity index (χ1) is 15.3. The summed E-state index contributed by atoms with van der Waals surface area (Å²) < 4.78 is 19.3. The highest BCUT2D eigenvalue weighted by Gasteiger charge is 2.41. The van der Waals surface area contributed by atoms with Crippen LogP contribution in [0.5, 0.6) is 5.75 Å². The number of rotatable bonds is 6. The van der Waals surface area contributed by atoms with Crippen LogP contribution in [0.3, 0.4) is 0 Å². The van der Waals surface area contributed by atoms with Gasteiger partial charge in [0.15, 0.2) is 0 Å². The highest BCUT2D eigenvalue weighted by Crippen LogP contribution is 2.32. The molecule has 0 unspecified atom stereocenters. The number of ether oxygens (including phenoxy) is 1. The Morgan fingerprint density at radius 1 is 0.906 bits per heavy atom. The molecular weight excluding hydrogens is 409 g/mol. The average Bonchev–Trinajstić information content (AvgIpc) is 2.99. The van der Waals surface area contributed by atoms with Gasteiger partial charge in [-0.15, -0.1) is 0 Å². The van der Waals surface area contributed by atoms with E-state index in [-0.39, 0.29) is 30.8 Å². The minimum Gasteiger partial charge on any atom is -0.492 e. The maximum atomic E-state index is 13.5. The van der Waals surface area contributed by atoms with Crippen molar-refractivity contribution in [2.45, 2.75) is 13.8 Å². The smallest absolute Gasteiger partial charge is 0.277 e. The molecule has 0 atom stereocenters. The minimum atomic E-state index is -0.383. The molecule has 0 saturated carbocycles. The normalized spacial score (nSPS) is 17.5. The third-order valence-electron chi connectivity index (χ3n) is 5.87. The van der Waals surface area contributed by atoms with Crippen LogP contribution in [0.15, 0.2) is 48.2 Å². The number of benzene rings is 2. The molecule has 2 aromatic carbocycles. The molecule has 1 saturated heterocycles. The van der Waals surface area contributed by atoms with E-state index in [1.807, 2.05) is 37.9 Å². The van der Waals surface area contributed by atoms with E-state index in [0.29, 0.717) is 35.7 Å². The van der Waals surface area contributed by atoms with Crippen LogP contribution in [-0.2, 0) is 9.59 Å². The van der Waals surface area contributed by atoms with Crippen LogP contribution >= 0.6 is 0 Å². The number of hydrogen-bond donors (Lipinski definition) is 0. The first-order valence-corrected chi connectivity index (χ1v) is 10.8. The number of amides is 2. The molecule has 0 radical (unpaired) electrons. The zero-order valence-electron chi connectivity index (χ0n) is 18.7. The Kier molecular flexibility index (Phi) is 6.28. The van der Waals surface area contributed by atoms with E-state index in [9.17, 15) is 14.0 Å². The number of aryl methyl sites for hydroxylation is 2. The monoisotopic (exact) mass is 437 g/mol. The number of likely N-dealkylation sites (N-methyl/N-ethyl adjacent to an activating group) is 1. The third-order valence-corrected chi connectivity index (χ3v) is 5.87. The Balaban J connectivity index is 1.56. The van der Waals surface area contributed by atoms with Crippen LogP contribution in [0.4, 0.5) is 4.39 Å². The van der Waals surface area contributed by atoms with Gasteiger partial charge < -0.3 is 14.5 Å². The van der Waals surface area contributed by atoms with E-state index in [2.05, 4.69) is 11.0 Å². The predicted molar refractivity (Wildman–Crippen MR) is 121 cm³/mol. The van der Waals surface area contributed by atoms with Crippen molar-refractivity contribution < 1.29 is 18.7 Å². The molecule has 1 fully saturated rings. The van der Waals surface area contributed by atoms with Gasteiger partial charge in [-0.05, 0) is 61.9 Å². The van der Waals surface area contributed by atoms with Crippen LogP contribution in [0.1, 0.15) is 16.7 Å². The summed E-state index contributed by atoms with van der Waals surface area (Å²) in [6.45, 7) is 7.25. The van der Waals surface area contributed by atoms with Crippen molar-refractivity contribution in [2.24, 2.45) is 0 Å². The minimum absolute atomic E-state index is 0.145. The predicted octanol–water partition coefficient (Wildman–Crippen LogP) is 2.85. The Hall–Kier alpha value is -3.19. The molecule has 7 heteroatoms. The number of halogens is 1. The molecule has 2 aliphatic heterocycles. The van der Waals surface area contributed by atoms with Gasteiger partial charge in [0.1, 0.15) is 23.9 Å². The first-order valence-electron chi connectivity index (χ1n) is 10.8. The number of imide groups is 1. The zero-order chi connectivity index (χ0) is 22.8. The highest BCUT2D eigenvalue weighted by atomic mass is 19.1. The van der Waals surface area contributed by atoms with Crippen molar-refractivity contribution in [2.75, 3.05) is 46.4 Å². The summed E-state index contributed by atoms with van der Waals surface area (Å²) in [6.07, 6.45) is 0. The van der Waals surface area contributed by atoms with Gasteiger partial charge in [0.2, 0.25) is 0 Å². The summed E-state index contributed by atoms with van der Waals surface area (Å²) in [6, 6.07) is 11.7. The zero-order valence-corrected chi connectivity index (χ0v) is 18.7. The Morgan fingerprint density at radius 2 is 1.53 bits per heavy atom. The van der Waals surface area contributed by atoms with Gasteiger partial charge in [-0.2, -0.15) is 0 Å². The average molecular weight is 438 g/mol. The molecule has 0 aliphatic carbocycles. The van der Waals surface area contributed by atoms with Crippen LogP contribution < -0.4 is 4.74 Å². The lowest BCUT2D eigenvalue weighted by molar-refractivity contribution is -0.138. The molecule has 2 heterocycles. The molecule has 0 N–H and O–H groups in total. The maximum Gasteiger partial charge on any atom is 0.277 e. The SMILES string of the molecule is Cc1cc(C)cc(OCCN2C(=O)C(c3ccc(F)cc3)=C(N3CCN(C)CC3)C2=O)c1. The van der Waals surface area contributed by atoms with Crippen molar-refractivity contribution in [3.05, 3.63) is 70.7 Å². The van der Waals surface area contributed by atoms with Crippen LogP contribution in [0.25, 0.3) is 5.57 Å². The second-order valence-corrected chi connectivity index (χ2v) is 8.45. The van der Waals surface area contributed by atoms with Crippen LogP contribution in [-0.4, -0.2) is 72.9 Å². The van der Waals surface area contributed by atoms with Gasteiger partial charge in [0.05, 0.1) is 12.1 Å². The summed E-state index contributed by atoms with van der Waals surface area (Å²) in [5.74, 6) is -0.346. The molecule has 2 amide bonds. The molecule has 4 rings (SSSR count). The van der Waals surface area contributed by atoms with Gasteiger partial charge >= 0.3 is 0 Å².